The van der Waals surface area contributed by atoms with Crippen LogP contribution in [-0.4, -0.2) is 17.1 Å². The molecule has 23 heavy (non-hydrogen) atoms. The monoisotopic (exact) mass is 323 g/mol. The van der Waals surface area contributed by atoms with E-state index in [1.807, 2.05) is 0 Å². The highest BCUT2D eigenvalue weighted by Crippen LogP contribution is 2.23. The van der Waals surface area contributed by atoms with Gasteiger partial charge in [0.05, 0.1) is 17.7 Å². The summed E-state index contributed by atoms with van der Waals surface area (Å²) in [6, 6.07) is 2.45. The van der Waals surface area contributed by atoms with Gasteiger partial charge in [-0.2, -0.15) is 0 Å². The van der Waals surface area contributed by atoms with E-state index in [1.54, 1.807) is 27.7 Å². The Morgan fingerprint density at radius 3 is 2.35 bits per heavy atom. The van der Waals surface area contributed by atoms with E-state index in [4.69, 9.17) is 4.42 Å². The van der Waals surface area contributed by atoms with Crippen LogP contribution in [0.3, 0.4) is 0 Å². The zero-order valence-corrected chi connectivity index (χ0v) is 13.4. The molecule has 2 aromatic rings. The van der Waals surface area contributed by atoms with Crippen LogP contribution >= 0.6 is 0 Å². The third-order valence-corrected chi connectivity index (χ3v) is 3.91. The molecule has 0 aliphatic rings. The molecule has 2 N–H and O–H groups in total. The molecule has 2 rings (SSSR count). The van der Waals surface area contributed by atoms with Gasteiger partial charge in [-0.25, -0.2) is 8.78 Å². The summed E-state index contributed by atoms with van der Waals surface area (Å²) in [5, 5.41) is 12.9. The Kier molecular flexibility index (Phi) is 4.85. The minimum absolute atomic E-state index is 0.188. The van der Waals surface area contributed by atoms with Gasteiger partial charge in [0.25, 0.3) is 5.91 Å². The lowest BCUT2D eigenvalue weighted by atomic mass is 10.0. The van der Waals surface area contributed by atoms with Gasteiger partial charge < -0.3 is 14.8 Å². The average molecular weight is 323 g/mol. The standard InChI is InChI=1S/C17H19F2NO3/c1-8-10(3)23-11(4)15(8)17(22)20-9(2)16(21)12-5-6-13(18)14(19)7-12/h5-7,9,16,21H,1-4H3,(H,20,22). The number of carbonyl (C=O) groups excluding carboxylic acids is 1. The van der Waals surface area contributed by atoms with Crippen LogP contribution in [0, 0.1) is 32.4 Å². The first-order valence-electron chi connectivity index (χ1n) is 7.22. The Morgan fingerprint density at radius 1 is 1.17 bits per heavy atom. The molecule has 0 fully saturated rings. The first-order chi connectivity index (χ1) is 10.7. The third kappa shape index (κ3) is 3.42. The molecule has 0 bridgehead atoms. The lowest BCUT2D eigenvalue weighted by molar-refractivity contribution is 0.0849. The van der Waals surface area contributed by atoms with Crippen molar-refractivity contribution in [2.24, 2.45) is 0 Å². The predicted octanol–water partition coefficient (Wildman–Crippen LogP) is 3.33. The fraction of sp³-hybridized carbons (Fsp3) is 0.353. The highest BCUT2D eigenvalue weighted by atomic mass is 19.2. The van der Waals surface area contributed by atoms with Gasteiger partial charge in [-0.1, -0.05) is 6.07 Å². The number of hydrogen-bond donors (Lipinski definition) is 2. The number of hydrogen-bond acceptors (Lipinski definition) is 3. The van der Waals surface area contributed by atoms with Crippen molar-refractivity contribution in [3.63, 3.8) is 0 Å². The second kappa shape index (κ2) is 6.50. The Balaban J connectivity index is 2.15. The van der Waals surface area contributed by atoms with Gasteiger partial charge in [0.1, 0.15) is 11.5 Å². The van der Waals surface area contributed by atoms with Gasteiger partial charge in [0.15, 0.2) is 11.6 Å². The number of rotatable bonds is 4. The van der Waals surface area contributed by atoms with Gasteiger partial charge >= 0.3 is 0 Å². The number of nitrogens with one attached hydrogen (secondary N) is 1. The van der Waals surface area contributed by atoms with Gasteiger partial charge in [-0.05, 0) is 45.4 Å². The largest absolute Gasteiger partial charge is 0.466 e. The summed E-state index contributed by atoms with van der Waals surface area (Å²) in [4.78, 5) is 12.4. The molecule has 2 unspecified atom stereocenters. The van der Waals surface area contributed by atoms with Crippen molar-refractivity contribution in [1.29, 1.82) is 0 Å². The first-order valence-corrected chi connectivity index (χ1v) is 7.22. The second-order valence-electron chi connectivity index (χ2n) is 5.59. The maximum Gasteiger partial charge on any atom is 0.255 e. The van der Waals surface area contributed by atoms with Crippen molar-refractivity contribution in [1.82, 2.24) is 5.32 Å². The van der Waals surface area contributed by atoms with Crippen molar-refractivity contribution in [2.45, 2.75) is 39.8 Å². The van der Waals surface area contributed by atoms with Gasteiger partial charge in [0, 0.05) is 5.56 Å². The number of aryl methyl sites for hydroxylation is 2. The molecular weight excluding hydrogens is 304 g/mol. The van der Waals surface area contributed by atoms with E-state index in [0.29, 0.717) is 17.1 Å². The maximum absolute atomic E-state index is 13.3. The van der Waals surface area contributed by atoms with E-state index in [9.17, 15) is 18.7 Å². The summed E-state index contributed by atoms with van der Waals surface area (Å²) in [6.45, 7) is 6.81. The highest BCUT2D eigenvalue weighted by molar-refractivity contribution is 5.97. The molecule has 1 aromatic heterocycles. The normalized spacial score (nSPS) is 13.7. The molecule has 6 heteroatoms. The fourth-order valence-electron chi connectivity index (χ4n) is 2.47. The number of halogens is 2. The zero-order chi connectivity index (χ0) is 17.3. The molecule has 4 nitrogen and oxygen atoms in total. The molecule has 1 aromatic carbocycles. The van der Waals surface area contributed by atoms with Crippen molar-refractivity contribution in [3.05, 3.63) is 58.0 Å². The van der Waals surface area contributed by atoms with Crippen LogP contribution < -0.4 is 5.32 Å². The fourth-order valence-corrected chi connectivity index (χ4v) is 2.47. The smallest absolute Gasteiger partial charge is 0.255 e. The van der Waals surface area contributed by atoms with E-state index >= 15 is 0 Å². The van der Waals surface area contributed by atoms with Crippen molar-refractivity contribution in [3.8, 4) is 0 Å². The van der Waals surface area contributed by atoms with E-state index in [1.165, 1.54) is 6.07 Å². The summed E-state index contributed by atoms with van der Waals surface area (Å²) >= 11 is 0. The second-order valence-corrected chi connectivity index (χ2v) is 5.59. The van der Waals surface area contributed by atoms with E-state index in [-0.39, 0.29) is 11.5 Å². The summed E-state index contributed by atoms with van der Waals surface area (Å²) in [6.07, 6.45) is -1.16. The molecule has 0 aliphatic carbocycles. The summed E-state index contributed by atoms with van der Waals surface area (Å²) < 4.78 is 31.6. The van der Waals surface area contributed by atoms with Crippen LogP contribution in [0.25, 0.3) is 0 Å². The van der Waals surface area contributed by atoms with Gasteiger partial charge in [-0.3, -0.25) is 4.79 Å². The highest BCUT2D eigenvalue weighted by Gasteiger charge is 2.24. The Morgan fingerprint density at radius 2 is 1.83 bits per heavy atom. The minimum Gasteiger partial charge on any atom is -0.466 e. The molecule has 0 spiro atoms. The molecule has 1 heterocycles. The van der Waals surface area contributed by atoms with Crippen LogP contribution in [0.15, 0.2) is 22.6 Å². The quantitative estimate of drug-likeness (QED) is 0.907. The lowest BCUT2D eigenvalue weighted by Gasteiger charge is -2.21. The van der Waals surface area contributed by atoms with Crippen LogP contribution in [0.2, 0.25) is 0 Å². The van der Waals surface area contributed by atoms with E-state index in [0.717, 1.165) is 17.7 Å². The summed E-state index contributed by atoms with van der Waals surface area (Å²) in [7, 11) is 0. The number of aliphatic hydroxyl groups is 1. The number of benzene rings is 1. The molecule has 0 radical (unpaired) electrons. The number of aliphatic hydroxyl groups excluding tert-OH is 1. The van der Waals surface area contributed by atoms with Gasteiger partial charge in [-0.15, -0.1) is 0 Å². The van der Waals surface area contributed by atoms with Gasteiger partial charge in [0.2, 0.25) is 0 Å². The van der Waals surface area contributed by atoms with Crippen molar-refractivity contribution in [2.75, 3.05) is 0 Å². The Hall–Kier alpha value is -2.21. The van der Waals surface area contributed by atoms with Crippen LogP contribution in [-0.2, 0) is 0 Å². The van der Waals surface area contributed by atoms with Crippen LogP contribution in [0.1, 0.15) is 46.0 Å². The molecule has 0 saturated carbocycles. The molecular formula is C17H19F2NO3. The molecule has 2 atom stereocenters. The van der Waals surface area contributed by atoms with Crippen LogP contribution in [0.4, 0.5) is 8.78 Å². The number of carbonyl (C=O) groups is 1. The maximum atomic E-state index is 13.3. The molecule has 1 amide bonds. The topological polar surface area (TPSA) is 62.5 Å². The number of furan rings is 1. The van der Waals surface area contributed by atoms with E-state index < -0.39 is 23.8 Å². The lowest BCUT2D eigenvalue weighted by Crippen LogP contribution is -2.37. The average Bonchev–Trinajstić information content (AvgIpc) is 2.74. The van der Waals surface area contributed by atoms with Crippen molar-refractivity contribution >= 4 is 5.91 Å². The third-order valence-electron chi connectivity index (χ3n) is 3.91. The first kappa shape index (κ1) is 17.1. The Labute approximate surface area is 133 Å². The molecule has 0 aliphatic heterocycles. The zero-order valence-electron chi connectivity index (χ0n) is 13.4. The number of amides is 1. The van der Waals surface area contributed by atoms with E-state index in [2.05, 4.69) is 5.32 Å². The molecule has 124 valence electrons. The SMILES string of the molecule is Cc1oc(C)c(C(=O)NC(C)C(O)c2ccc(F)c(F)c2)c1C. The Bertz CT molecular complexity index is 740. The van der Waals surface area contributed by atoms with Crippen molar-refractivity contribution < 1.29 is 23.1 Å². The predicted molar refractivity (Wildman–Crippen MR) is 81.2 cm³/mol. The minimum atomic E-state index is -1.16. The summed E-state index contributed by atoms with van der Waals surface area (Å²) in [5.74, 6) is -1.27. The van der Waals surface area contributed by atoms with Crippen LogP contribution in [0.5, 0.6) is 0 Å². The summed E-state index contributed by atoms with van der Waals surface area (Å²) in [5.41, 5.74) is 1.34. The molecule has 0 saturated heterocycles.